The molecule has 0 bridgehead atoms. The first kappa shape index (κ1) is 10.3. The summed E-state index contributed by atoms with van der Waals surface area (Å²) in [5.74, 6) is 1.00. The second kappa shape index (κ2) is 5.04. The number of rotatable bonds is 4. The maximum absolute atomic E-state index is 8.96. The first-order chi connectivity index (χ1) is 6.22. The van der Waals surface area contributed by atoms with Gasteiger partial charge in [-0.1, -0.05) is 6.08 Å². The first-order valence-electron chi connectivity index (χ1n) is 4.52. The summed E-state index contributed by atoms with van der Waals surface area (Å²) in [6.45, 7) is 2.18. The van der Waals surface area contributed by atoms with Crippen molar-refractivity contribution in [3.05, 3.63) is 24.0 Å². The molecule has 0 amide bonds. The summed E-state index contributed by atoms with van der Waals surface area (Å²) in [7, 11) is 0. The van der Waals surface area contributed by atoms with E-state index >= 15 is 0 Å². The van der Waals surface area contributed by atoms with E-state index in [2.05, 4.69) is 0 Å². The molecule has 2 N–H and O–H groups in total. The topological polar surface area (TPSA) is 49.7 Å². The van der Waals surface area contributed by atoms with E-state index in [0.717, 1.165) is 12.2 Å². The van der Waals surface area contributed by atoms with Gasteiger partial charge in [0, 0.05) is 12.5 Å². The van der Waals surface area contributed by atoms with Crippen molar-refractivity contribution < 1.29 is 14.9 Å². The average molecular weight is 184 g/mol. The maximum atomic E-state index is 8.96. The van der Waals surface area contributed by atoms with Crippen molar-refractivity contribution in [3.8, 4) is 0 Å². The summed E-state index contributed by atoms with van der Waals surface area (Å²) in [6, 6.07) is 0. The monoisotopic (exact) mass is 184 g/mol. The maximum Gasteiger partial charge on any atom is 0.115 e. The molecular weight excluding hydrogens is 168 g/mol. The van der Waals surface area contributed by atoms with Crippen molar-refractivity contribution in [3.63, 3.8) is 0 Å². The van der Waals surface area contributed by atoms with E-state index in [4.69, 9.17) is 14.9 Å². The molecule has 1 aliphatic rings. The molecule has 2 unspecified atom stereocenters. The van der Waals surface area contributed by atoms with Gasteiger partial charge >= 0.3 is 0 Å². The Kier molecular flexibility index (Phi) is 3.99. The van der Waals surface area contributed by atoms with Crippen LogP contribution >= 0.6 is 0 Å². The Balaban J connectivity index is 2.30. The highest BCUT2D eigenvalue weighted by Gasteiger charge is 2.08. The van der Waals surface area contributed by atoms with Crippen molar-refractivity contribution in [1.82, 2.24) is 0 Å². The summed E-state index contributed by atoms with van der Waals surface area (Å²) in [5, 5.41) is 17.8. The van der Waals surface area contributed by atoms with Gasteiger partial charge in [-0.05, 0) is 25.5 Å². The van der Waals surface area contributed by atoms with Crippen molar-refractivity contribution in [2.75, 3.05) is 13.2 Å². The molecule has 0 heterocycles. The number of hydrogen-bond acceptors (Lipinski definition) is 3. The molecule has 0 aromatic rings. The molecule has 3 nitrogen and oxygen atoms in total. The van der Waals surface area contributed by atoms with Gasteiger partial charge < -0.3 is 14.9 Å². The molecule has 0 aromatic carbocycles. The lowest BCUT2D eigenvalue weighted by molar-refractivity contribution is 0.0871. The number of ether oxygens (including phenoxy) is 1. The Labute approximate surface area is 78.3 Å². The Morgan fingerprint density at radius 1 is 1.69 bits per heavy atom. The third kappa shape index (κ3) is 3.61. The summed E-state index contributed by atoms with van der Waals surface area (Å²) in [4.78, 5) is 0. The van der Waals surface area contributed by atoms with E-state index in [1.165, 1.54) is 0 Å². The molecule has 0 saturated carbocycles. The minimum atomic E-state index is -0.440. The molecule has 0 aromatic heterocycles. The lowest BCUT2D eigenvalue weighted by Crippen LogP contribution is -2.11. The van der Waals surface area contributed by atoms with Crippen LogP contribution in [-0.4, -0.2) is 29.5 Å². The van der Waals surface area contributed by atoms with Gasteiger partial charge in [-0.15, -0.1) is 0 Å². The smallest absolute Gasteiger partial charge is 0.115 e. The third-order valence-electron chi connectivity index (χ3n) is 1.88. The molecule has 0 aliphatic heterocycles. The zero-order valence-electron chi connectivity index (χ0n) is 7.81. The normalized spacial score (nSPS) is 23.9. The number of allylic oxidation sites excluding steroid dienone is 2. The average Bonchev–Trinajstić information content (AvgIpc) is 2.15. The van der Waals surface area contributed by atoms with Crippen LogP contribution in [-0.2, 0) is 4.74 Å². The predicted molar refractivity (Wildman–Crippen MR) is 50.0 cm³/mol. The van der Waals surface area contributed by atoms with Gasteiger partial charge in [0.05, 0.1) is 6.10 Å². The fourth-order valence-electron chi connectivity index (χ4n) is 1.10. The first-order valence-corrected chi connectivity index (χ1v) is 4.52. The lowest BCUT2D eigenvalue weighted by atomic mass is 10.0. The van der Waals surface area contributed by atoms with E-state index in [-0.39, 0.29) is 12.5 Å². The van der Waals surface area contributed by atoms with Gasteiger partial charge in [0.25, 0.3) is 0 Å². The third-order valence-corrected chi connectivity index (χ3v) is 1.88. The zero-order valence-corrected chi connectivity index (χ0v) is 7.81. The van der Waals surface area contributed by atoms with Gasteiger partial charge in [0.1, 0.15) is 12.4 Å². The van der Waals surface area contributed by atoms with Crippen molar-refractivity contribution >= 4 is 0 Å². The van der Waals surface area contributed by atoms with Crippen molar-refractivity contribution in [2.45, 2.75) is 19.4 Å². The second-order valence-corrected chi connectivity index (χ2v) is 3.30. The zero-order chi connectivity index (χ0) is 9.68. The molecule has 2 atom stereocenters. The van der Waals surface area contributed by atoms with Crippen LogP contribution in [0.2, 0.25) is 0 Å². The highest BCUT2D eigenvalue weighted by molar-refractivity contribution is 5.18. The van der Waals surface area contributed by atoms with Gasteiger partial charge in [0.15, 0.2) is 0 Å². The van der Waals surface area contributed by atoms with E-state index in [9.17, 15) is 0 Å². The summed E-state index contributed by atoms with van der Waals surface area (Å²) in [6.07, 6.45) is 6.07. The highest BCUT2D eigenvalue weighted by atomic mass is 16.5. The number of aliphatic hydroxyl groups is 2. The van der Waals surface area contributed by atoms with Crippen LogP contribution in [0.1, 0.15) is 13.3 Å². The quantitative estimate of drug-likeness (QED) is 0.680. The van der Waals surface area contributed by atoms with Crippen LogP contribution in [0.25, 0.3) is 0 Å². The summed E-state index contributed by atoms with van der Waals surface area (Å²) < 4.78 is 5.28. The fraction of sp³-hybridized carbons (Fsp3) is 0.600. The second-order valence-electron chi connectivity index (χ2n) is 3.30. The number of hydrogen-bond donors (Lipinski definition) is 2. The van der Waals surface area contributed by atoms with Gasteiger partial charge in [-0.2, -0.15) is 0 Å². The number of aliphatic hydroxyl groups excluding tert-OH is 2. The Morgan fingerprint density at radius 3 is 2.92 bits per heavy atom. The molecular formula is C10H16O3. The van der Waals surface area contributed by atoms with Crippen LogP contribution in [0.15, 0.2) is 24.0 Å². The van der Waals surface area contributed by atoms with Gasteiger partial charge in [0.2, 0.25) is 0 Å². The minimum Gasteiger partial charge on any atom is -0.491 e. The summed E-state index contributed by atoms with van der Waals surface area (Å²) in [5.41, 5.74) is 0. The SMILES string of the molecule is CC(O)COC1=CCC(CO)C=C1. The molecule has 0 saturated heterocycles. The Hall–Kier alpha value is -0.800. The standard InChI is InChI=1S/C10H16O3/c1-8(12)7-13-10-4-2-9(6-11)3-5-10/h2,4-5,8-9,11-12H,3,6-7H2,1H3. The molecule has 0 fully saturated rings. The molecule has 1 aliphatic carbocycles. The van der Waals surface area contributed by atoms with E-state index in [1.807, 2.05) is 18.2 Å². The largest absolute Gasteiger partial charge is 0.491 e. The molecule has 0 spiro atoms. The van der Waals surface area contributed by atoms with Crippen LogP contribution in [0, 0.1) is 5.92 Å². The molecule has 1 rings (SSSR count). The van der Waals surface area contributed by atoms with Crippen molar-refractivity contribution in [2.24, 2.45) is 5.92 Å². The van der Waals surface area contributed by atoms with Crippen molar-refractivity contribution in [1.29, 1.82) is 0 Å². The van der Waals surface area contributed by atoms with E-state index < -0.39 is 6.10 Å². The highest BCUT2D eigenvalue weighted by Crippen LogP contribution is 2.16. The predicted octanol–water partition coefficient (Wildman–Crippen LogP) is 0.836. The minimum absolute atomic E-state index is 0.177. The molecule has 0 radical (unpaired) electrons. The van der Waals surface area contributed by atoms with E-state index in [0.29, 0.717) is 6.61 Å². The van der Waals surface area contributed by atoms with Crippen LogP contribution in [0.4, 0.5) is 0 Å². The summed E-state index contributed by atoms with van der Waals surface area (Å²) >= 11 is 0. The van der Waals surface area contributed by atoms with Gasteiger partial charge in [-0.3, -0.25) is 0 Å². The van der Waals surface area contributed by atoms with Crippen LogP contribution in [0.3, 0.4) is 0 Å². The van der Waals surface area contributed by atoms with Gasteiger partial charge in [-0.25, -0.2) is 0 Å². The van der Waals surface area contributed by atoms with E-state index in [1.54, 1.807) is 6.92 Å². The lowest BCUT2D eigenvalue weighted by Gasteiger charge is -2.15. The van der Waals surface area contributed by atoms with Crippen LogP contribution in [0.5, 0.6) is 0 Å². The molecule has 13 heavy (non-hydrogen) atoms. The Bertz CT molecular complexity index is 206. The fourth-order valence-corrected chi connectivity index (χ4v) is 1.10. The Morgan fingerprint density at radius 2 is 2.46 bits per heavy atom. The molecule has 74 valence electrons. The molecule has 3 heteroatoms. The van der Waals surface area contributed by atoms with Crippen LogP contribution < -0.4 is 0 Å².